The Bertz CT molecular complexity index is 284. The van der Waals surface area contributed by atoms with E-state index in [4.69, 9.17) is 5.73 Å². The van der Waals surface area contributed by atoms with Gasteiger partial charge in [-0.3, -0.25) is 4.90 Å². The molecule has 0 aliphatic rings. The molecule has 0 bridgehead atoms. The normalized spacial score (nSPS) is 12.9. The molecule has 2 nitrogen and oxygen atoms in total. The fraction of sp³-hybridized carbons (Fsp3) is 0.600. The molecule has 0 radical (unpaired) electrons. The summed E-state index contributed by atoms with van der Waals surface area (Å²) >= 11 is 0. The molecule has 1 aromatic carbocycles. The van der Waals surface area contributed by atoms with Gasteiger partial charge in [0.05, 0.1) is 0 Å². The topological polar surface area (TPSA) is 29.3 Å². The number of nitrogens with two attached hydrogens (primary N) is 1. The molecule has 0 saturated heterocycles. The highest BCUT2D eigenvalue weighted by Crippen LogP contribution is 2.11. The largest absolute Gasteiger partial charge is 0.329 e. The average Bonchev–Trinajstić information content (AvgIpc) is 2.36. The molecular weight excluding hydrogens is 208 g/mol. The average molecular weight is 234 g/mol. The van der Waals surface area contributed by atoms with Crippen molar-refractivity contribution in [2.45, 2.75) is 45.2 Å². The Hall–Kier alpha value is -0.860. The van der Waals surface area contributed by atoms with Crippen LogP contribution < -0.4 is 5.73 Å². The predicted octanol–water partition coefficient (Wildman–Crippen LogP) is 3.03. The third kappa shape index (κ3) is 5.33. The summed E-state index contributed by atoms with van der Waals surface area (Å²) in [6, 6.07) is 11.1. The fourth-order valence-corrected chi connectivity index (χ4v) is 2.15. The van der Waals surface area contributed by atoms with Gasteiger partial charge >= 0.3 is 0 Å². The number of hydrogen-bond acceptors (Lipinski definition) is 2. The van der Waals surface area contributed by atoms with Crippen molar-refractivity contribution in [3.63, 3.8) is 0 Å². The van der Waals surface area contributed by atoms with Crippen LogP contribution in [0.1, 0.15) is 38.2 Å². The molecule has 0 fully saturated rings. The Morgan fingerprint density at radius 2 is 1.88 bits per heavy atom. The van der Waals surface area contributed by atoms with Crippen molar-refractivity contribution in [2.75, 3.05) is 13.6 Å². The Labute approximate surface area is 106 Å². The van der Waals surface area contributed by atoms with Gasteiger partial charge in [0.15, 0.2) is 0 Å². The second-order valence-corrected chi connectivity index (χ2v) is 4.79. The second-order valence-electron chi connectivity index (χ2n) is 4.79. The van der Waals surface area contributed by atoms with Crippen LogP contribution in [0.4, 0.5) is 0 Å². The summed E-state index contributed by atoms with van der Waals surface area (Å²) in [5.41, 5.74) is 7.23. The summed E-state index contributed by atoms with van der Waals surface area (Å²) < 4.78 is 0. The number of unbranched alkanes of at least 4 members (excludes halogenated alkanes) is 2. The van der Waals surface area contributed by atoms with Crippen LogP contribution in [0, 0.1) is 0 Å². The van der Waals surface area contributed by atoms with Crippen molar-refractivity contribution >= 4 is 0 Å². The molecular formula is C15H26N2. The van der Waals surface area contributed by atoms with Crippen molar-refractivity contribution in [1.82, 2.24) is 4.90 Å². The van der Waals surface area contributed by atoms with Crippen LogP contribution in [0.25, 0.3) is 0 Å². The molecule has 1 atom stereocenters. The van der Waals surface area contributed by atoms with Crippen LogP contribution in [-0.2, 0) is 6.54 Å². The molecule has 0 aliphatic heterocycles. The minimum atomic E-state index is 0.516. The lowest BCUT2D eigenvalue weighted by molar-refractivity contribution is 0.223. The number of rotatable bonds is 8. The molecule has 0 spiro atoms. The molecule has 1 aromatic rings. The van der Waals surface area contributed by atoms with Gasteiger partial charge in [0.25, 0.3) is 0 Å². The zero-order valence-corrected chi connectivity index (χ0v) is 11.2. The molecule has 0 saturated carbocycles. The van der Waals surface area contributed by atoms with E-state index >= 15 is 0 Å². The first-order valence-electron chi connectivity index (χ1n) is 6.72. The first-order valence-corrected chi connectivity index (χ1v) is 6.72. The van der Waals surface area contributed by atoms with Crippen LogP contribution in [0.5, 0.6) is 0 Å². The standard InChI is InChI=1S/C15H26N2/c1-3-4-6-11-15(12-16)17(2)13-14-9-7-5-8-10-14/h5,7-10,15H,3-4,6,11-13,16H2,1-2H3. The van der Waals surface area contributed by atoms with Gasteiger partial charge in [-0.2, -0.15) is 0 Å². The van der Waals surface area contributed by atoms with Crippen LogP contribution in [0.15, 0.2) is 30.3 Å². The van der Waals surface area contributed by atoms with E-state index in [1.165, 1.54) is 31.2 Å². The molecule has 1 unspecified atom stereocenters. The van der Waals surface area contributed by atoms with E-state index < -0.39 is 0 Å². The van der Waals surface area contributed by atoms with Gasteiger partial charge in [0, 0.05) is 19.1 Å². The first-order chi connectivity index (χ1) is 8.27. The number of likely N-dealkylation sites (N-methyl/N-ethyl adjacent to an activating group) is 1. The number of nitrogens with zero attached hydrogens (tertiary/aromatic N) is 1. The lowest BCUT2D eigenvalue weighted by Gasteiger charge is -2.27. The van der Waals surface area contributed by atoms with E-state index in [1.54, 1.807) is 0 Å². The van der Waals surface area contributed by atoms with Crippen molar-refractivity contribution in [1.29, 1.82) is 0 Å². The molecule has 96 valence electrons. The quantitative estimate of drug-likeness (QED) is 0.701. The van der Waals surface area contributed by atoms with E-state index in [0.29, 0.717) is 6.04 Å². The van der Waals surface area contributed by atoms with E-state index in [-0.39, 0.29) is 0 Å². The fourth-order valence-electron chi connectivity index (χ4n) is 2.15. The third-order valence-electron chi connectivity index (χ3n) is 3.31. The zero-order chi connectivity index (χ0) is 12.5. The first kappa shape index (κ1) is 14.2. The Morgan fingerprint density at radius 1 is 1.18 bits per heavy atom. The van der Waals surface area contributed by atoms with Crippen LogP contribution in [-0.4, -0.2) is 24.5 Å². The maximum atomic E-state index is 5.87. The monoisotopic (exact) mass is 234 g/mol. The lowest BCUT2D eigenvalue weighted by Crippen LogP contribution is -2.37. The van der Waals surface area contributed by atoms with Crippen molar-refractivity contribution in [3.05, 3.63) is 35.9 Å². The summed E-state index contributed by atoms with van der Waals surface area (Å²) in [6.45, 7) is 3.99. The molecule has 0 aliphatic carbocycles. The van der Waals surface area contributed by atoms with Crippen LogP contribution >= 0.6 is 0 Å². The minimum absolute atomic E-state index is 0.516. The van der Waals surface area contributed by atoms with Crippen LogP contribution in [0.3, 0.4) is 0 Å². The zero-order valence-electron chi connectivity index (χ0n) is 11.2. The van der Waals surface area contributed by atoms with Gasteiger partial charge < -0.3 is 5.73 Å². The highest BCUT2D eigenvalue weighted by atomic mass is 15.1. The lowest BCUT2D eigenvalue weighted by atomic mass is 10.1. The van der Waals surface area contributed by atoms with Gasteiger partial charge in [0.2, 0.25) is 0 Å². The molecule has 0 amide bonds. The molecule has 17 heavy (non-hydrogen) atoms. The van der Waals surface area contributed by atoms with E-state index in [9.17, 15) is 0 Å². The molecule has 1 rings (SSSR count). The maximum absolute atomic E-state index is 5.87. The van der Waals surface area contributed by atoms with E-state index in [2.05, 4.69) is 49.2 Å². The van der Waals surface area contributed by atoms with Gasteiger partial charge in [-0.25, -0.2) is 0 Å². The number of hydrogen-bond donors (Lipinski definition) is 1. The van der Waals surface area contributed by atoms with Crippen molar-refractivity contribution in [3.8, 4) is 0 Å². The van der Waals surface area contributed by atoms with Gasteiger partial charge in [-0.05, 0) is 19.0 Å². The molecule has 0 heterocycles. The summed E-state index contributed by atoms with van der Waals surface area (Å²) in [7, 11) is 2.18. The van der Waals surface area contributed by atoms with E-state index in [1.807, 2.05) is 0 Å². The molecule has 2 N–H and O–H groups in total. The SMILES string of the molecule is CCCCCC(CN)N(C)Cc1ccccc1. The Morgan fingerprint density at radius 3 is 2.47 bits per heavy atom. The number of benzene rings is 1. The van der Waals surface area contributed by atoms with Gasteiger partial charge in [-0.1, -0.05) is 56.5 Å². The maximum Gasteiger partial charge on any atom is 0.0234 e. The highest BCUT2D eigenvalue weighted by Gasteiger charge is 2.12. The summed E-state index contributed by atoms with van der Waals surface area (Å²) in [5, 5.41) is 0. The van der Waals surface area contributed by atoms with Crippen LogP contribution in [0.2, 0.25) is 0 Å². The van der Waals surface area contributed by atoms with E-state index in [0.717, 1.165) is 13.1 Å². The highest BCUT2D eigenvalue weighted by molar-refractivity contribution is 5.14. The summed E-state index contributed by atoms with van der Waals surface area (Å²) in [4.78, 5) is 2.38. The minimum Gasteiger partial charge on any atom is -0.329 e. The smallest absolute Gasteiger partial charge is 0.0234 e. The Balaban J connectivity index is 2.40. The Kier molecular flexibility index (Phi) is 6.90. The van der Waals surface area contributed by atoms with Gasteiger partial charge in [0.1, 0.15) is 0 Å². The second kappa shape index (κ2) is 8.26. The molecule has 2 heteroatoms. The summed E-state index contributed by atoms with van der Waals surface area (Å²) in [6.07, 6.45) is 5.10. The summed E-state index contributed by atoms with van der Waals surface area (Å²) in [5.74, 6) is 0. The van der Waals surface area contributed by atoms with Crippen molar-refractivity contribution in [2.24, 2.45) is 5.73 Å². The predicted molar refractivity (Wildman–Crippen MR) is 74.9 cm³/mol. The van der Waals surface area contributed by atoms with Gasteiger partial charge in [-0.15, -0.1) is 0 Å². The molecule has 0 aromatic heterocycles. The van der Waals surface area contributed by atoms with Crippen molar-refractivity contribution < 1.29 is 0 Å². The third-order valence-corrected chi connectivity index (χ3v) is 3.31.